The van der Waals surface area contributed by atoms with Crippen molar-refractivity contribution in [3.8, 4) is 100 Å². The molecule has 0 heteroatoms. The van der Waals surface area contributed by atoms with E-state index in [2.05, 4.69) is 352 Å². The molecule has 0 atom stereocenters. The van der Waals surface area contributed by atoms with Gasteiger partial charge in [0.05, 0.1) is 6.85 Å². The van der Waals surface area contributed by atoms with E-state index in [1.54, 1.807) is 0 Å². The van der Waals surface area contributed by atoms with Crippen molar-refractivity contribution in [3.05, 3.63) is 437 Å². The van der Waals surface area contributed by atoms with Gasteiger partial charge in [-0.1, -0.05) is 418 Å². The van der Waals surface area contributed by atoms with Crippen molar-refractivity contribution in [2.45, 2.75) is 0 Å². The molecule has 0 saturated heterocycles. The van der Waals surface area contributed by atoms with Crippen LogP contribution in [-0.2, 0) is 0 Å². The average Bonchev–Trinajstić information content (AvgIpc) is 0.678. The minimum absolute atomic E-state index is 0.195. The molecular formula is C108H72. The summed E-state index contributed by atoms with van der Waals surface area (Å²) < 4.78 is 42.2. The van der Waals surface area contributed by atoms with Crippen LogP contribution >= 0.6 is 0 Å². The van der Waals surface area contributed by atoms with E-state index in [0.717, 1.165) is 43.4 Å². The first kappa shape index (κ1) is 59.4. The molecule has 0 aliphatic carbocycles. The Balaban J connectivity index is 0.000000114. The summed E-state index contributed by atoms with van der Waals surface area (Å²) in [6.45, 7) is 0. The summed E-state index contributed by atoms with van der Waals surface area (Å²) in [6, 6.07) is 143. The van der Waals surface area contributed by atoms with Gasteiger partial charge in [-0.3, -0.25) is 0 Å². The Bertz CT molecular complexity index is 7070. The first-order valence-electron chi connectivity index (χ1n) is 39.5. The van der Waals surface area contributed by atoms with Gasteiger partial charge in [0, 0.05) is 0 Å². The number of benzene rings is 21. The Hall–Kier alpha value is -14.0. The zero-order chi connectivity index (χ0) is 76.0. The van der Waals surface area contributed by atoms with Crippen LogP contribution in [0, 0.1) is 0 Å². The van der Waals surface area contributed by atoms with Crippen molar-refractivity contribution < 1.29 is 6.85 Å². The van der Waals surface area contributed by atoms with Gasteiger partial charge < -0.3 is 0 Å². The van der Waals surface area contributed by atoms with Crippen molar-refractivity contribution in [2.75, 3.05) is 0 Å². The maximum atomic E-state index is 8.74. The minimum atomic E-state index is -0.388. The number of rotatable bonds is 9. The lowest BCUT2D eigenvalue weighted by molar-refractivity contribution is 1.61. The van der Waals surface area contributed by atoms with Crippen LogP contribution in [0.4, 0.5) is 0 Å². The molecule has 21 aromatic carbocycles. The van der Waals surface area contributed by atoms with Crippen LogP contribution in [0.3, 0.4) is 0 Å². The Morgan fingerprint density at radius 1 is 0.130 bits per heavy atom. The minimum Gasteiger partial charge on any atom is -0.0622 e. The summed E-state index contributed by atoms with van der Waals surface area (Å²) >= 11 is 0. The Morgan fingerprint density at radius 3 is 0.778 bits per heavy atom. The zero-order valence-corrected chi connectivity index (χ0v) is 59.2. The van der Waals surface area contributed by atoms with Crippen molar-refractivity contribution in [1.29, 1.82) is 0 Å². The van der Waals surface area contributed by atoms with E-state index < -0.39 is 0 Å². The Morgan fingerprint density at radius 2 is 0.370 bits per heavy atom. The first-order chi connectivity index (χ1) is 55.7. The maximum Gasteiger partial charge on any atom is 0.0629 e. The van der Waals surface area contributed by atoms with Crippen molar-refractivity contribution in [1.82, 2.24) is 0 Å². The van der Waals surface area contributed by atoms with Gasteiger partial charge in [-0.25, -0.2) is 0 Å². The molecule has 0 aliphatic heterocycles. The molecule has 0 heterocycles. The van der Waals surface area contributed by atoms with Gasteiger partial charge in [0.2, 0.25) is 0 Å². The molecule has 0 bridgehead atoms. The molecule has 0 radical (unpaired) electrons. The summed E-state index contributed by atoms with van der Waals surface area (Å²) in [5.41, 5.74) is 20.6. The molecule has 0 aromatic heterocycles. The largest absolute Gasteiger partial charge is 0.0629 e. The van der Waals surface area contributed by atoms with E-state index >= 15 is 0 Å². The topological polar surface area (TPSA) is 0 Å². The van der Waals surface area contributed by atoms with Crippen LogP contribution in [0.25, 0.3) is 197 Å². The Labute approximate surface area is 636 Å². The molecule has 0 spiro atoms. The SMILES string of the molecule is [2H]c1c([2H])c([2H])c(-c2c3ccccc3c(-c3ccc4cc(-c5ccccc5)ccc4c3)c3ccccc23)c([2H])c1[2H].c1ccc(-c2ccc(-c3c4ccccc4c(-c4cccc5ccccc45)c4ccccc34)cc2)cc1.c1ccc(-c2cccc(-c3c4ccccc4c(-c4cccc5ccccc45)c4ccccc34)c2)cc1. The fourth-order valence-electron chi connectivity index (χ4n) is 16.6. The second kappa shape index (κ2) is 28.5. The number of fused-ring (bicyclic) bond motifs is 9. The van der Waals surface area contributed by atoms with Gasteiger partial charge >= 0.3 is 0 Å². The molecule has 504 valence electrons. The molecule has 0 aliphatic rings. The molecule has 108 heavy (non-hydrogen) atoms. The van der Waals surface area contributed by atoms with E-state index in [-0.39, 0.29) is 35.8 Å². The molecule has 0 amide bonds. The van der Waals surface area contributed by atoms with E-state index in [0.29, 0.717) is 5.56 Å². The number of hydrogen-bond donors (Lipinski definition) is 0. The van der Waals surface area contributed by atoms with Crippen LogP contribution in [0.15, 0.2) is 437 Å². The zero-order valence-electron chi connectivity index (χ0n) is 64.2. The summed E-state index contributed by atoms with van der Waals surface area (Å²) in [7, 11) is 0. The van der Waals surface area contributed by atoms with E-state index in [1.165, 1.54) is 143 Å². The highest BCUT2D eigenvalue weighted by atomic mass is 14.3. The third-order valence-electron chi connectivity index (χ3n) is 21.4. The molecule has 0 unspecified atom stereocenters. The predicted octanol–water partition coefficient (Wildman–Crippen LogP) is 30.4. The second-order valence-electron chi connectivity index (χ2n) is 27.6. The van der Waals surface area contributed by atoms with Crippen LogP contribution in [0.1, 0.15) is 6.85 Å². The summed E-state index contributed by atoms with van der Waals surface area (Å²) in [6.07, 6.45) is 0. The van der Waals surface area contributed by atoms with Crippen LogP contribution in [0.2, 0.25) is 0 Å². The lowest BCUT2D eigenvalue weighted by Gasteiger charge is -2.19. The fourth-order valence-corrected chi connectivity index (χ4v) is 16.6. The van der Waals surface area contributed by atoms with Gasteiger partial charge in [-0.15, -0.1) is 0 Å². The second-order valence-corrected chi connectivity index (χ2v) is 27.6. The van der Waals surface area contributed by atoms with Gasteiger partial charge in [0.15, 0.2) is 0 Å². The van der Waals surface area contributed by atoms with Gasteiger partial charge in [-0.2, -0.15) is 0 Å². The standard InChI is InChI=1S/3C36H24/c1-3-11-25(12-4-1)27-19-20-29-24-30(22-21-28(29)23-27)36-33-17-9-7-15-31(33)35(26-13-5-2-6-14-26)32-16-8-10-18-34(32)36;1-2-12-25(13-3-1)27-16-10-17-28(24-27)35-31-19-6-8-21-33(31)36(34-22-9-7-20-32(34)35)30-23-11-15-26-14-4-5-18-29(26)30;1-2-11-25(12-3-1)26-21-23-28(24-22-26)35-31-16-6-8-18-33(31)36(34-19-9-7-17-32(34)35)30-20-10-14-27-13-4-5-15-29(27)30/h3*1-24H/i2D,5D,6D,13D,14D;;. The molecule has 0 N–H and O–H groups in total. The fraction of sp³-hybridized carbons (Fsp3) is 0. The van der Waals surface area contributed by atoms with Crippen LogP contribution < -0.4 is 0 Å². The van der Waals surface area contributed by atoms with E-state index in [4.69, 9.17) is 6.85 Å². The predicted molar refractivity (Wildman–Crippen MR) is 466 cm³/mol. The summed E-state index contributed by atoms with van der Waals surface area (Å²) in [5.74, 6) is 0. The van der Waals surface area contributed by atoms with Crippen molar-refractivity contribution >= 4 is 97.0 Å². The first-order valence-corrected chi connectivity index (χ1v) is 37.0. The monoisotopic (exact) mass is 1370 g/mol. The van der Waals surface area contributed by atoms with Gasteiger partial charge in [-0.05, 0) is 215 Å². The molecule has 21 rings (SSSR count). The van der Waals surface area contributed by atoms with Gasteiger partial charge in [0.1, 0.15) is 0 Å². The van der Waals surface area contributed by atoms with E-state index in [9.17, 15) is 0 Å². The lowest BCUT2D eigenvalue weighted by Crippen LogP contribution is -1.91. The Kier molecular flexibility index (Phi) is 15.7. The van der Waals surface area contributed by atoms with Gasteiger partial charge in [0.25, 0.3) is 0 Å². The highest BCUT2D eigenvalue weighted by Crippen LogP contribution is 2.49. The summed E-state index contributed by atoms with van der Waals surface area (Å²) in [4.78, 5) is 0. The third kappa shape index (κ3) is 12.0. The molecular weight excluding hydrogens is 1300 g/mol. The van der Waals surface area contributed by atoms with Crippen LogP contribution in [0.5, 0.6) is 0 Å². The molecule has 0 fully saturated rings. The highest BCUT2D eigenvalue weighted by Gasteiger charge is 2.22. The van der Waals surface area contributed by atoms with E-state index in [1.807, 2.05) is 54.6 Å². The van der Waals surface area contributed by atoms with Crippen LogP contribution in [-0.4, -0.2) is 0 Å². The smallest absolute Gasteiger partial charge is 0.0622 e. The van der Waals surface area contributed by atoms with Crippen molar-refractivity contribution in [2.24, 2.45) is 0 Å². The average molecular weight is 1370 g/mol. The summed E-state index contributed by atoms with van der Waals surface area (Å²) in [5, 5.41) is 21.3. The third-order valence-corrected chi connectivity index (χ3v) is 21.4. The lowest BCUT2D eigenvalue weighted by atomic mass is 9.84. The molecule has 0 saturated carbocycles. The highest BCUT2D eigenvalue weighted by molar-refractivity contribution is 6.26. The molecule has 0 nitrogen and oxygen atoms in total. The van der Waals surface area contributed by atoms with Crippen molar-refractivity contribution in [3.63, 3.8) is 0 Å². The number of hydrogen-bond acceptors (Lipinski definition) is 0. The maximum absolute atomic E-state index is 8.74. The quantitative estimate of drug-likeness (QED) is 0.126. The molecule has 21 aromatic rings. The normalized spacial score (nSPS) is 12.0.